The molecule has 32 heavy (non-hydrogen) atoms. The Balaban J connectivity index is 1.83. The number of thioether (sulfide) groups is 1. The van der Waals surface area contributed by atoms with E-state index in [2.05, 4.69) is 4.98 Å². The Morgan fingerprint density at radius 3 is 2.44 bits per heavy atom. The minimum absolute atomic E-state index is 0.197. The smallest absolute Gasteiger partial charge is 0.332 e. The van der Waals surface area contributed by atoms with Crippen LogP contribution in [0.4, 0.5) is 5.82 Å². The SMILES string of the molecule is CC(Sc1nc2sccc2c(=O)n1-c1ccccc1)C(=O)c1c(N)n(C)c(=O)n(C)c1=O. The number of nitrogens with zero attached hydrogens (tertiary/aromatic N) is 4. The number of carbonyl (C=O) groups excluding carboxylic acids is 1. The molecule has 0 spiro atoms. The average molecular weight is 470 g/mol. The molecule has 1 atom stereocenters. The minimum Gasteiger partial charge on any atom is -0.384 e. The van der Waals surface area contributed by atoms with Crippen LogP contribution in [0.25, 0.3) is 15.9 Å². The second-order valence-electron chi connectivity index (χ2n) is 7.10. The highest BCUT2D eigenvalue weighted by Crippen LogP contribution is 2.28. The van der Waals surface area contributed by atoms with Gasteiger partial charge in [-0.05, 0) is 30.5 Å². The second kappa shape index (κ2) is 8.24. The lowest BCUT2D eigenvalue weighted by Gasteiger charge is -2.16. The van der Waals surface area contributed by atoms with Crippen LogP contribution < -0.4 is 22.5 Å². The Labute approximate surface area is 189 Å². The second-order valence-corrected chi connectivity index (χ2v) is 9.30. The van der Waals surface area contributed by atoms with E-state index in [4.69, 9.17) is 5.73 Å². The number of nitrogen functional groups attached to an aromatic ring is 1. The van der Waals surface area contributed by atoms with Crippen molar-refractivity contribution in [2.75, 3.05) is 5.73 Å². The van der Waals surface area contributed by atoms with E-state index in [0.717, 1.165) is 20.9 Å². The molecular formula is C21H19N5O4S2. The van der Waals surface area contributed by atoms with Gasteiger partial charge < -0.3 is 5.73 Å². The molecule has 0 bridgehead atoms. The van der Waals surface area contributed by atoms with Crippen molar-refractivity contribution in [2.24, 2.45) is 14.1 Å². The molecule has 4 aromatic rings. The first-order valence-corrected chi connectivity index (χ1v) is 11.3. The number of fused-ring (bicyclic) bond motifs is 1. The number of hydrogen-bond donors (Lipinski definition) is 1. The van der Waals surface area contributed by atoms with Crippen molar-refractivity contribution in [2.45, 2.75) is 17.3 Å². The quantitative estimate of drug-likeness (QED) is 0.269. The first-order valence-electron chi connectivity index (χ1n) is 9.54. The Kier molecular flexibility index (Phi) is 5.61. The fourth-order valence-corrected chi connectivity index (χ4v) is 5.08. The van der Waals surface area contributed by atoms with Crippen LogP contribution in [0.2, 0.25) is 0 Å². The van der Waals surface area contributed by atoms with Gasteiger partial charge in [0.1, 0.15) is 16.2 Å². The molecule has 1 aromatic carbocycles. The van der Waals surface area contributed by atoms with E-state index >= 15 is 0 Å². The van der Waals surface area contributed by atoms with Crippen molar-refractivity contribution in [3.05, 3.63) is 78.5 Å². The van der Waals surface area contributed by atoms with Gasteiger partial charge in [0.15, 0.2) is 10.9 Å². The van der Waals surface area contributed by atoms with Crippen molar-refractivity contribution in [3.63, 3.8) is 0 Å². The third-order valence-corrected chi connectivity index (χ3v) is 6.95. The molecule has 3 aromatic heterocycles. The molecule has 0 saturated carbocycles. The van der Waals surface area contributed by atoms with E-state index in [1.54, 1.807) is 42.6 Å². The summed E-state index contributed by atoms with van der Waals surface area (Å²) in [5.74, 6) is -0.749. The van der Waals surface area contributed by atoms with Crippen LogP contribution in [0.3, 0.4) is 0 Å². The zero-order chi connectivity index (χ0) is 23.2. The number of para-hydroxylation sites is 1. The van der Waals surface area contributed by atoms with Crippen molar-refractivity contribution in [3.8, 4) is 5.69 Å². The first-order chi connectivity index (χ1) is 15.2. The van der Waals surface area contributed by atoms with Crippen LogP contribution in [0.5, 0.6) is 0 Å². The van der Waals surface area contributed by atoms with E-state index in [-0.39, 0.29) is 16.9 Å². The van der Waals surface area contributed by atoms with Gasteiger partial charge in [0.05, 0.1) is 16.3 Å². The summed E-state index contributed by atoms with van der Waals surface area (Å²) in [6.07, 6.45) is 0. The number of hydrogen-bond acceptors (Lipinski definition) is 8. The van der Waals surface area contributed by atoms with E-state index < -0.39 is 22.3 Å². The zero-order valence-electron chi connectivity index (χ0n) is 17.4. The molecule has 0 fully saturated rings. The lowest BCUT2D eigenvalue weighted by molar-refractivity contribution is 0.0992. The standard InChI is InChI=1S/C21H19N5O4S2/c1-11(15(27)14-16(22)24(2)21(30)25(3)19(14)29)32-20-23-17-13(9-10-31-17)18(28)26(20)12-7-5-4-6-8-12/h4-11H,22H2,1-3H3. The average Bonchev–Trinajstić information content (AvgIpc) is 3.26. The predicted octanol–water partition coefficient (Wildman–Crippen LogP) is 1.79. The number of nitrogens with two attached hydrogens (primary N) is 1. The molecule has 164 valence electrons. The van der Waals surface area contributed by atoms with Gasteiger partial charge >= 0.3 is 5.69 Å². The van der Waals surface area contributed by atoms with Gasteiger partial charge in [-0.1, -0.05) is 30.0 Å². The molecule has 2 N–H and O–H groups in total. The Morgan fingerprint density at radius 1 is 1.06 bits per heavy atom. The number of thiophene rings is 1. The highest BCUT2D eigenvalue weighted by atomic mass is 32.2. The molecule has 0 amide bonds. The number of carbonyl (C=O) groups is 1. The van der Waals surface area contributed by atoms with Gasteiger partial charge in [-0.3, -0.25) is 28.1 Å². The van der Waals surface area contributed by atoms with Crippen molar-refractivity contribution in [1.82, 2.24) is 18.7 Å². The van der Waals surface area contributed by atoms with E-state index in [1.165, 1.54) is 30.0 Å². The fourth-order valence-electron chi connectivity index (χ4n) is 3.29. The summed E-state index contributed by atoms with van der Waals surface area (Å²) in [6.45, 7) is 1.61. The highest BCUT2D eigenvalue weighted by Gasteiger charge is 2.27. The zero-order valence-corrected chi connectivity index (χ0v) is 19.1. The van der Waals surface area contributed by atoms with Crippen LogP contribution in [0, 0.1) is 0 Å². The number of aromatic nitrogens is 4. The maximum absolute atomic E-state index is 13.2. The van der Waals surface area contributed by atoms with Gasteiger partial charge in [-0.2, -0.15) is 0 Å². The number of benzene rings is 1. The summed E-state index contributed by atoms with van der Waals surface area (Å²) in [7, 11) is 2.68. The number of ketones is 1. The van der Waals surface area contributed by atoms with Gasteiger partial charge in [0, 0.05) is 14.1 Å². The predicted molar refractivity (Wildman–Crippen MR) is 126 cm³/mol. The fraction of sp³-hybridized carbons (Fsp3) is 0.190. The van der Waals surface area contributed by atoms with Gasteiger partial charge in [-0.15, -0.1) is 11.3 Å². The topological polar surface area (TPSA) is 122 Å². The van der Waals surface area contributed by atoms with Crippen molar-refractivity contribution < 1.29 is 4.79 Å². The lowest BCUT2D eigenvalue weighted by Crippen LogP contribution is -2.42. The molecule has 0 aliphatic carbocycles. The number of Topliss-reactive ketones (excluding diaryl/α,β-unsaturated/α-hetero) is 1. The van der Waals surface area contributed by atoms with E-state index in [1.807, 2.05) is 6.07 Å². The van der Waals surface area contributed by atoms with Crippen LogP contribution in [-0.4, -0.2) is 29.7 Å². The Bertz CT molecular complexity index is 1530. The molecule has 0 aliphatic rings. The van der Waals surface area contributed by atoms with Crippen LogP contribution in [0.15, 0.2) is 61.3 Å². The summed E-state index contributed by atoms with van der Waals surface area (Å²) in [6, 6.07) is 10.7. The summed E-state index contributed by atoms with van der Waals surface area (Å²) in [4.78, 5) is 56.2. The third-order valence-electron chi connectivity index (χ3n) is 5.09. The molecule has 1 unspecified atom stereocenters. The van der Waals surface area contributed by atoms with E-state index in [9.17, 15) is 19.2 Å². The molecule has 3 heterocycles. The summed E-state index contributed by atoms with van der Waals surface area (Å²) in [5, 5.41) is 1.78. The largest absolute Gasteiger partial charge is 0.384 e. The van der Waals surface area contributed by atoms with Gasteiger partial charge in [0.2, 0.25) is 0 Å². The molecular weight excluding hydrogens is 450 g/mol. The van der Waals surface area contributed by atoms with Crippen molar-refractivity contribution in [1.29, 1.82) is 0 Å². The van der Waals surface area contributed by atoms with Crippen LogP contribution in [0.1, 0.15) is 17.3 Å². The van der Waals surface area contributed by atoms with Gasteiger partial charge in [-0.25, -0.2) is 9.78 Å². The molecule has 9 nitrogen and oxygen atoms in total. The summed E-state index contributed by atoms with van der Waals surface area (Å²) in [5.41, 5.74) is 4.66. The molecule has 11 heteroatoms. The third kappa shape index (κ3) is 3.49. The number of rotatable bonds is 5. The Hall–Kier alpha value is -3.44. The highest BCUT2D eigenvalue weighted by molar-refractivity contribution is 8.00. The van der Waals surface area contributed by atoms with Gasteiger partial charge in [0.25, 0.3) is 11.1 Å². The molecule has 0 radical (unpaired) electrons. The summed E-state index contributed by atoms with van der Waals surface area (Å²) >= 11 is 2.38. The Morgan fingerprint density at radius 2 is 1.75 bits per heavy atom. The maximum atomic E-state index is 13.2. The van der Waals surface area contributed by atoms with Crippen molar-refractivity contribution >= 4 is 44.9 Å². The molecule has 0 saturated heterocycles. The van der Waals surface area contributed by atoms with Crippen LogP contribution in [-0.2, 0) is 14.1 Å². The first kappa shape index (κ1) is 21.8. The normalized spacial score (nSPS) is 12.2. The minimum atomic E-state index is -0.804. The lowest BCUT2D eigenvalue weighted by atomic mass is 10.1. The molecule has 0 aliphatic heterocycles. The number of anilines is 1. The summed E-state index contributed by atoms with van der Waals surface area (Å²) < 4.78 is 3.35. The monoisotopic (exact) mass is 469 g/mol. The van der Waals surface area contributed by atoms with Crippen LogP contribution >= 0.6 is 23.1 Å². The maximum Gasteiger partial charge on any atom is 0.332 e. The molecule has 4 rings (SSSR count). The van der Waals surface area contributed by atoms with E-state index in [0.29, 0.717) is 21.1 Å².